The van der Waals surface area contributed by atoms with E-state index >= 15 is 0 Å². The van der Waals surface area contributed by atoms with E-state index in [1.165, 1.54) is 12.5 Å². The zero-order valence-electron chi connectivity index (χ0n) is 41.6. The van der Waals surface area contributed by atoms with Gasteiger partial charge in [0.15, 0.2) is 17.7 Å². The van der Waals surface area contributed by atoms with Crippen LogP contribution in [0.5, 0.6) is 0 Å². The number of imidazole rings is 1. The van der Waals surface area contributed by atoms with Crippen LogP contribution in [0.15, 0.2) is 83.3 Å². The number of carbonyl (C=O) groups excluding carboxylic acids is 8. The fourth-order valence-electron chi connectivity index (χ4n) is 8.88. The summed E-state index contributed by atoms with van der Waals surface area (Å²) in [5.74, 6) is -7.23. The Bertz CT molecular complexity index is 2590. The van der Waals surface area contributed by atoms with E-state index in [-0.39, 0.29) is 121 Å². The number of para-hydroxylation sites is 1. The summed E-state index contributed by atoms with van der Waals surface area (Å²) >= 11 is 0. The predicted octanol–water partition coefficient (Wildman–Crippen LogP) is -0.148. The number of primary amides is 1. The molecule has 5 amide bonds. The third-order valence-electron chi connectivity index (χ3n) is 13.0. The number of hydrogen-bond acceptors (Lipinski definition) is 12. The number of amides is 5. The summed E-state index contributed by atoms with van der Waals surface area (Å²) in [5.41, 5.74) is 36.8. The minimum Gasteiger partial charge on any atom is -0.370 e. The number of ketones is 3. The maximum absolute atomic E-state index is 14.8. The number of aromatic nitrogens is 3. The minimum absolute atomic E-state index is 0.00360. The van der Waals surface area contributed by atoms with Crippen molar-refractivity contribution in [3.05, 3.63) is 90.1 Å². The molecule has 0 spiro atoms. The molecule has 398 valence electrons. The van der Waals surface area contributed by atoms with Crippen LogP contribution in [0.25, 0.3) is 10.9 Å². The molecule has 0 unspecified atom stereocenters. The second kappa shape index (κ2) is 28.9. The first kappa shape index (κ1) is 57.0. The van der Waals surface area contributed by atoms with E-state index in [4.69, 9.17) is 34.4 Å². The third kappa shape index (κ3) is 18.6. The van der Waals surface area contributed by atoms with Crippen LogP contribution < -0.4 is 55.7 Å². The van der Waals surface area contributed by atoms with Gasteiger partial charge >= 0.3 is 0 Å². The van der Waals surface area contributed by atoms with E-state index in [0.29, 0.717) is 17.7 Å². The number of nitrogens with two attached hydrogens (primary N) is 6. The second-order valence-electron chi connectivity index (χ2n) is 18.7. The molecule has 4 aromatic rings. The van der Waals surface area contributed by atoms with Crippen molar-refractivity contribution in [3.63, 3.8) is 0 Å². The zero-order valence-corrected chi connectivity index (χ0v) is 41.6. The molecule has 18 N–H and O–H groups in total. The van der Waals surface area contributed by atoms with Crippen LogP contribution in [0.3, 0.4) is 0 Å². The van der Waals surface area contributed by atoms with Gasteiger partial charge in [-0.25, -0.2) is 4.98 Å². The van der Waals surface area contributed by atoms with E-state index < -0.39 is 83.1 Å². The lowest BCUT2D eigenvalue weighted by atomic mass is 9.83. The number of hydrogen-bond donors (Lipinski definition) is 12. The van der Waals surface area contributed by atoms with Crippen LogP contribution in [0.1, 0.15) is 93.9 Å². The Labute approximate surface area is 429 Å². The Morgan fingerprint density at radius 1 is 0.703 bits per heavy atom. The highest BCUT2D eigenvalue weighted by Gasteiger charge is 2.35. The van der Waals surface area contributed by atoms with Gasteiger partial charge < -0.3 is 65.6 Å². The maximum Gasteiger partial charge on any atom is 0.243 e. The standard InChI is InChI=1S/C51H71N15O8/c52-37(15-9-21-60-51(56)57)47(72)64-40-17-6-4-13-35(67)18-19-39(45(53)70)63-46(71)32(23-33-27-61-38-16-7-5-14-36(33)38)25-43(68)31(12-8-20-59-50(54)55)24-44(69)41(22-30-10-2-1-3-11-30)65-49(74)42(66-48(40)73)26-34-28-58-29-62-34/h1-3,5,7,10-11,14,16,27-29,31-32,37,39-42,61H,4,6,8-9,12-13,15,17-26,52H2,(H2,53,70)(H,58,62)(H,63,71)(H,64,72)(H,65,74)(H,66,73)(H4,54,55,59)(H4,56,57,60)/t31-,32-,37+,39+,40+,41-,42+/m1/s1. The number of rotatable bonds is 17. The van der Waals surface area contributed by atoms with E-state index in [9.17, 15) is 38.4 Å². The lowest BCUT2D eigenvalue weighted by molar-refractivity contribution is -0.135. The molecule has 1 aliphatic rings. The molecular formula is C51H71N15O8. The fourth-order valence-corrected chi connectivity index (χ4v) is 8.88. The SMILES string of the molecule is NC(=O)[C@@H]1CCC(=O)CCCC[C@H](NC(=O)[C@@H](N)CCCN=C(N)N)C(=O)N[C@@H](Cc2cnc[nH]2)C(=O)N[C@H](Cc2ccccc2)C(=O)C[C@@H](CCCN=C(N)N)C(=O)C[C@@H](Cc2c[nH]c3ccccc23)C(=O)N1. The summed E-state index contributed by atoms with van der Waals surface area (Å²) in [6.07, 6.45) is 5.08. The number of carbonyl (C=O) groups is 8. The summed E-state index contributed by atoms with van der Waals surface area (Å²) in [6.45, 7) is 0.346. The molecule has 1 saturated heterocycles. The summed E-state index contributed by atoms with van der Waals surface area (Å²) in [6, 6.07) is 10.2. The van der Waals surface area contributed by atoms with Crippen LogP contribution in [-0.2, 0) is 57.6 Å². The van der Waals surface area contributed by atoms with E-state index in [0.717, 1.165) is 16.5 Å². The summed E-state index contributed by atoms with van der Waals surface area (Å²) < 4.78 is 0. The van der Waals surface area contributed by atoms with Crippen LogP contribution in [0.4, 0.5) is 0 Å². The molecule has 5 rings (SSSR count). The number of fused-ring (bicyclic) bond motifs is 1. The molecular weight excluding hydrogens is 951 g/mol. The highest BCUT2D eigenvalue weighted by molar-refractivity contribution is 5.98. The van der Waals surface area contributed by atoms with Crippen molar-refractivity contribution < 1.29 is 38.4 Å². The van der Waals surface area contributed by atoms with Crippen LogP contribution in [0, 0.1) is 11.8 Å². The van der Waals surface area contributed by atoms with Crippen molar-refractivity contribution in [1.82, 2.24) is 36.2 Å². The Balaban J connectivity index is 1.52. The molecule has 3 heterocycles. The number of nitrogens with zero attached hydrogens (tertiary/aromatic N) is 3. The van der Waals surface area contributed by atoms with Crippen molar-refractivity contribution >= 4 is 69.7 Å². The molecule has 1 fully saturated rings. The Morgan fingerprint density at radius 3 is 2.09 bits per heavy atom. The topological polar surface area (TPSA) is 410 Å². The molecule has 2 aromatic heterocycles. The molecule has 0 aliphatic carbocycles. The molecule has 1 aliphatic heterocycles. The number of guanidine groups is 2. The minimum atomic E-state index is -1.33. The van der Waals surface area contributed by atoms with Crippen LogP contribution in [0.2, 0.25) is 0 Å². The molecule has 0 radical (unpaired) electrons. The molecule has 74 heavy (non-hydrogen) atoms. The average molecular weight is 1020 g/mol. The molecule has 0 bridgehead atoms. The van der Waals surface area contributed by atoms with Gasteiger partial charge in [-0.3, -0.25) is 48.3 Å². The van der Waals surface area contributed by atoms with E-state index in [1.54, 1.807) is 36.5 Å². The van der Waals surface area contributed by atoms with Gasteiger partial charge in [-0.1, -0.05) is 55.0 Å². The summed E-state index contributed by atoms with van der Waals surface area (Å²) in [5, 5.41) is 11.9. The van der Waals surface area contributed by atoms with Gasteiger partial charge in [-0.15, -0.1) is 0 Å². The Kier molecular flexibility index (Phi) is 22.3. The van der Waals surface area contributed by atoms with Gasteiger partial charge in [0.2, 0.25) is 29.5 Å². The first-order valence-corrected chi connectivity index (χ1v) is 25.0. The van der Waals surface area contributed by atoms with Crippen LogP contribution in [-0.4, -0.2) is 117 Å². The highest BCUT2D eigenvalue weighted by Crippen LogP contribution is 2.26. The molecule has 23 heteroatoms. The van der Waals surface area contributed by atoms with Gasteiger partial charge in [0.1, 0.15) is 29.7 Å². The number of Topliss-reactive ketones (excluding diaryl/α,β-unsaturated/α-hetero) is 3. The second-order valence-corrected chi connectivity index (χ2v) is 18.7. The lowest BCUT2D eigenvalue weighted by Crippen LogP contribution is -2.58. The van der Waals surface area contributed by atoms with E-state index in [2.05, 4.69) is 46.2 Å². The normalized spacial score (nSPS) is 21.6. The van der Waals surface area contributed by atoms with Crippen molar-refractivity contribution in [2.45, 2.75) is 127 Å². The van der Waals surface area contributed by atoms with Gasteiger partial charge in [0.05, 0.1) is 18.4 Å². The number of benzene rings is 2. The number of aromatic amines is 2. The van der Waals surface area contributed by atoms with Crippen molar-refractivity contribution in [2.24, 2.45) is 56.2 Å². The number of H-pyrrole nitrogens is 2. The average Bonchev–Trinajstić information content (AvgIpc) is 4.04. The fraction of sp³-hybridized carbons (Fsp3) is 0.471. The predicted molar refractivity (Wildman–Crippen MR) is 278 cm³/mol. The molecule has 0 saturated carbocycles. The van der Waals surface area contributed by atoms with Crippen LogP contribution >= 0.6 is 0 Å². The number of nitrogens with one attached hydrogen (secondary N) is 6. The first-order valence-electron chi connectivity index (χ1n) is 25.0. The third-order valence-corrected chi connectivity index (χ3v) is 13.0. The first-order chi connectivity index (χ1) is 35.5. The van der Waals surface area contributed by atoms with Gasteiger partial charge in [0.25, 0.3) is 0 Å². The largest absolute Gasteiger partial charge is 0.370 e. The molecule has 2 aromatic carbocycles. The Morgan fingerprint density at radius 2 is 1.39 bits per heavy atom. The van der Waals surface area contributed by atoms with Crippen molar-refractivity contribution in [1.29, 1.82) is 0 Å². The summed E-state index contributed by atoms with van der Waals surface area (Å²) in [4.78, 5) is 131. The summed E-state index contributed by atoms with van der Waals surface area (Å²) in [7, 11) is 0. The van der Waals surface area contributed by atoms with Crippen molar-refractivity contribution in [3.8, 4) is 0 Å². The van der Waals surface area contributed by atoms with E-state index in [1.807, 2.05) is 24.3 Å². The zero-order chi connectivity index (χ0) is 53.6. The van der Waals surface area contributed by atoms with Crippen molar-refractivity contribution in [2.75, 3.05) is 13.1 Å². The quantitative estimate of drug-likeness (QED) is 0.0372. The molecule has 7 atom stereocenters. The lowest BCUT2D eigenvalue weighted by Gasteiger charge is -2.27. The monoisotopic (exact) mass is 1020 g/mol. The Hall–Kier alpha value is -7.95. The van der Waals surface area contributed by atoms with Gasteiger partial charge in [0, 0.05) is 86.0 Å². The molecule has 23 nitrogen and oxygen atoms in total. The smallest absolute Gasteiger partial charge is 0.243 e. The highest BCUT2D eigenvalue weighted by atomic mass is 16.2. The number of aliphatic imine (C=N–C) groups is 2. The van der Waals surface area contributed by atoms with Gasteiger partial charge in [-0.2, -0.15) is 0 Å². The van der Waals surface area contributed by atoms with Gasteiger partial charge in [-0.05, 0) is 75.0 Å². The maximum atomic E-state index is 14.8.